The summed E-state index contributed by atoms with van der Waals surface area (Å²) >= 11 is 7.86. The van der Waals surface area contributed by atoms with Crippen LogP contribution in [-0.4, -0.2) is 20.7 Å². The highest BCUT2D eigenvalue weighted by atomic mass is 35.5. The molecule has 1 heterocycles. The lowest BCUT2D eigenvalue weighted by molar-refractivity contribution is 0.0938. The van der Waals surface area contributed by atoms with Crippen LogP contribution in [0.5, 0.6) is 0 Å². The molecule has 0 radical (unpaired) electrons. The highest BCUT2D eigenvalue weighted by molar-refractivity contribution is 7.98. The van der Waals surface area contributed by atoms with Gasteiger partial charge in [0.05, 0.1) is 11.7 Å². The molecule has 33 heavy (non-hydrogen) atoms. The Morgan fingerprint density at radius 1 is 1.09 bits per heavy atom. The van der Waals surface area contributed by atoms with Crippen molar-refractivity contribution < 1.29 is 9.18 Å². The zero-order chi connectivity index (χ0) is 23.4. The number of rotatable bonds is 7. The Kier molecular flexibility index (Phi) is 7.11. The van der Waals surface area contributed by atoms with Crippen molar-refractivity contribution in [2.24, 2.45) is 0 Å². The van der Waals surface area contributed by atoms with Crippen molar-refractivity contribution >= 4 is 29.3 Å². The van der Waals surface area contributed by atoms with E-state index in [9.17, 15) is 9.18 Å². The molecule has 0 spiro atoms. The number of nitrogens with zero attached hydrogens (tertiary/aromatic N) is 3. The van der Waals surface area contributed by atoms with Gasteiger partial charge in [-0.05, 0) is 61.4 Å². The third-order valence-electron chi connectivity index (χ3n) is 5.12. The number of thioether (sulfide) groups is 1. The Morgan fingerprint density at radius 2 is 1.82 bits per heavy atom. The smallest absolute Gasteiger partial charge is 0.251 e. The summed E-state index contributed by atoms with van der Waals surface area (Å²) in [5.74, 6) is 0.579. The largest absolute Gasteiger partial charge is 0.342 e. The zero-order valence-corrected chi connectivity index (χ0v) is 19.7. The van der Waals surface area contributed by atoms with Gasteiger partial charge in [0.25, 0.3) is 5.91 Å². The number of halogens is 2. The van der Waals surface area contributed by atoms with Crippen LogP contribution in [0.4, 0.5) is 4.39 Å². The van der Waals surface area contributed by atoms with Crippen LogP contribution >= 0.6 is 23.4 Å². The van der Waals surface area contributed by atoms with Gasteiger partial charge in [-0.1, -0.05) is 59.8 Å². The summed E-state index contributed by atoms with van der Waals surface area (Å²) in [7, 11) is 0. The van der Waals surface area contributed by atoms with Crippen LogP contribution in [-0.2, 0) is 5.75 Å². The Bertz CT molecular complexity index is 1260. The molecule has 1 N–H and O–H groups in total. The Balaban J connectivity index is 1.66. The van der Waals surface area contributed by atoms with Gasteiger partial charge in [-0.2, -0.15) is 0 Å². The molecule has 4 aromatic rings. The predicted octanol–water partition coefficient (Wildman–Crippen LogP) is 6.15. The maximum Gasteiger partial charge on any atom is 0.251 e. The number of benzene rings is 3. The Morgan fingerprint density at radius 3 is 2.55 bits per heavy atom. The van der Waals surface area contributed by atoms with Gasteiger partial charge in [0.1, 0.15) is 5.82 Å². The van der Waals surface area contributed by atoms with Crippen molar-refractivity contribution in [3.63, 3.8) is 0 Å². The van der Waals surface area contributed by atoms with Gasteiger partial charge in [0.2, 0.25) is 0 Å². The average molecular weight is 481 g/mol. The quantitative estimate of drug-likeness (QED) is 0.322. The number of carbonyl (C=O) groups excluding carboxylic acids is 1. The molecule has 0 aliphatic carbocycles. The van der Waals surface area contributed by atoms with Gasteiger partial charge < -0.3 is 5.32 Å². The molecule has 1 amide bonds. The molecule has 1 aromatic heterocycles. The van der Waals surface area contributed by atoms with E-state index < -0.39 is 11.9 Å². The summed E-state index contributed by atoms with van der Waals surface area (Å²) in [6.45, 7) is 3.83. The van der Waals surface area contributed by atoms with Crippen LogP contribution in [0.25, 0.3) is 5.69 Å². The minimum Gasteiger partial charge on any atom is -0.342 e. The third-order valence-corrected chi connectivity index (χ3v) is 6.36. The third kappa shape index (κ3) is 5.43. The highest BCUT2D eigenvalue weighted by Gasteiger charge is 2.22. The van der Waals surface area contributed by atoms with Crippen LogP contribution < -0.4 is 5.32 Å². The molecule has 1 atom stereocenters. The molecule has 5 nitrogen and oxygen atoms in total. The maximum absolute atomic E-state index is 13.2. The van der Waals surface area contributed by atoms with Crippen LogP contribution in [0.3, 0.4) is 0 Å². The second-order valence-electron chi connectivity index (χ2n) is 7.58. The van der Waals surface area contributed by atoms with Crippen molar-refractivity contribution in [2.75, 3.05) is 0 Å². The first-order valence-electron chi connectivity index (χ1n) is 10.4. The molecule has 0 aliphatic heterocycles. The van der Waals surface area contributed by atoms with Crippen LogP contribution in [0.2, 0.25) is 5.02 Å². The summed E-state index contributed by atoms with van der Waals surface area (Å²) in [5.41, 5.74) is 3.38. The van der Waals surface area contributed by atoms with Crippen LogP contribution in [0.1, 0.15) is 40.3 Å². The summed E-state index contributed by atoms with van der Waals surface area (Å²) in [6, 6.07) is 20.7. The topological polar surface area (TPSA) is 59.8 Å². The molecule has 0 aliphatic rings. The predicted molar refractivity (Wildman–Crippen MR) is 129 cm³/mol. The van der Waals surface area contributed by atoms with Gasteiger partial charge in [0.15, 0.2) is 11.0 Å². The minimum absolute atomic E-state index is 0.321. The first kappa shape index (κ1) is 23.0. The molecular weight excluding hydrogens is 459 g/mol. The highest BCUT2D eigenvalue weighted by Crippen LogP contribution is 2.30. The lowest BCUT2D eigenvalue weighted by Gasteiger charge is -2.18. The van der Waals surface area contributed by atoms with E-state index in [0.29, 0.717) is 21.6 Å². The molecule has 168 valence electrons. The molecule has 0 saturated heterocycles. The fraction of sp³-hybridized carbons (Fsp3) is 0.160. The van der Waals surface area contributed by atoms with Crippen LogP contribution in [0.15, 0.2) is 78.0 Å². The van der Waals surface area contributed by atoms with E-state index in [2.05, 4.69) is 27.6 Å². The number of aromatic nitrogens is 3. The molecule has 4 rings (SSSR count). The molecule has 0 saturated carbocycles. The lowest BCUT2D eigenvalue weighted by Crippen LogP contribution is -2.28. The number of nitrogens with one attached hydrogen (secondary N) is 1. The van der Waals surface area contributed by atoms with Crippen molar-refractivity contribution in [1.82, 2.24) is 20.1 Å². The standard InChI is InChI=1S/C25H22ClFN4OS/c1-16-8-11-20(26)14-22(16)31-23(17(2)28-24(32)19-9-12-21(27)13-10-19)29-30-25(31)33-15-18-6-4-3-5-7-18/h3-14,17H,15H2,1-2H3,(H,28,32). The normalized spacial score (nSPS) is 11.9. The van der Waals surface area contributed by atoms with E-state index in [0.717, 1.165) is 17.0 Å². The Hall–Kier alpha value is -3.16. The van der Waals surface area contributed by atoms with Gasteiger partial charge in [-0.3, -0.25) is 9.36 Å². The summed E-state index contributed by atoms with van der Waals surface area (Å²) in [5, 5.41) is 13.1. The Labute approximate surface area is 201 Å². The van der Waals surface area contributed by atoms with E-state index in [-0.39, 0.29) is 5.91 Å². The van der Waals surface area contributed by atoms with Gasteiger partial charge in [-0.25, -0.2) is 4.39 Å². The SMILES string of the molecule is Cc1ccc(Cl)cc1-n1c(SCc2ccccc2)nnc1C(C)NC(=O)c1ccc(F)cc1. The van der Waals surface area contributed by atoms with E-state index in [4.69, 9.17) is 11.6 Å². The molecule has 0 fully saturated rings. The maximum atomic E-state index is 13.2. The fourth-order valence-corrected chi connectivity index (χ4v) is 4.45. The number of amides is 1. The van der Waals surface area contributed by atoms with Crippen LogP contribution in [0, 0.1) is 12.7 Å². The number of hydrogen-bond acceptors (Lipinski definition) is 4. The fourth-order valence-electron chi connectivity index (χ4n) is 3.37. The van der Waals surface area contributed by atoms with E-state index in [1.807, 2.05) is 54.8 Å². The van der Waals surface area contributed by atoms with Crippen molar-refractivity contribution in [2.45, 2.75) is 30.8 Å². The monoisotopic (exact) mass is 480 g/mol. The van der Waals surface area contributed by atoms with E-state index in [1.165, 1.54) is 29.8 Å². The lowest BCUT2D eigenvalue weighted by atomic mass is 10.1. The van der Waals surface area contributed by atoms with Gasteiger partial charge in [-0.15, -0.1) is 10.2 Å². The number of aryl methyl sites for hydroxylation is 1. The number of carbonyl (C=O) groups is 1. The molecule has 0 bridgehead atoms. The first-order valence-corrected chi connectivity index (χ1v) is 11.7. The van der Waals surface area contributed by atoms with Crippen molar-refractivity contribution in [3.8, 4) is 5.69 Å². The summed E-state index contributed by atoms with van der Waals surface area (Å²) in [4.78, 5) is 12.7. The van der Waals surface area contributed by atoms with Gasteiger partial charge in [0, 0.05) is 16.3 Å². The molecule has 8 heteroatoms. The number of hydrogen-bond donors (Lipinski definition) is 1. The molecule has 1 unspecified atom stereocenters. The minimum atomic E-state index is -0.459. The average Bonchev–Trinajstić information content (AvgIpc) is 3.24. The second kappa shape index (κ2) is 10.2. The first-order chi connectivity index (χ1) is 15.9. The summed E-state index contributed by atoms with van der Waals surface area (Å²) < 4.78 is 15.2. The van der Waals surface area contributed by atoms with E-state index >= 15 is 0 Å². The summed E-state index contributed by atoms with van der Waals surface area (Å²) in [6.07, 6.45) is 0. The molecule has 3 aromatic carbocycles. The van der Waals surface area contributed by atoms with Gasteiger partial charge >= 0.3 is 0 Å². The second-order valence-corrected chi connectivity index (χ2v) is 8.96. The zero-order valence-electron chi connectivity index (χ0n) is 18.1. The molecular formula is C25H22ClFN4OS. The van der Waals surface area contributed by atoms with Crippen molar-refractivity contribution in [1.29, 1.82) is 0 Å². The van der Waals surface area contributed by atoms with E-state index in [1.54, 1.807) is 11.8 Å². The van der Waals surface area contributed by atoms with Crippen molar-refractivity contribution in [3.05, 3.63) is 106 Å².